The quantitative estimate of drug-likeness (QED) is 0.902. The van der Waals surface area contributed by atoms with E-state index in [-0.39, 0.29) is 18.4 Å². The van der Waals surface area contributed by atoms with Gasteiger partial charge in [-0.1, -0.05) is 0 Å². The molecule has 1 saturated heterocycles. The molecule has 120 valence electrons. The third-order valence-electron chi connectivity index (χ3n) is 4.01. The Bertz CT molecular complexity index is 570. The zero-order valence-corrected chi connectivity index (χ0v) is 13.5. The summed E-state index contributed by atoms with van der Waals surface area (Å²) in [6.45, 7) is 0.671. The van der Waals surface area contributed by atoms with Gasteiger partial charge in [-0.05, 0) is 49.9 Å². The van der Waals surface area contributed by atoms with Crippen LogP contribution in [0.5, 0.6) is 0 Å². The Balaban J connectivity index is 2.10. The normalized spacial score (nSPS) is 19.7. The van der Waals surface area contributed by atoms with Crippen LogP contribution in [-0.2, 0) is 15.6 Å². The summed E-state index contributed by atoms with van der Waals surface area (Å²) in [5.74, 6) is -0.892. The highest BCUT2D eigenvalue weighted by atomic mass is 32.2. The smallest absolute Gasteiger partial charge is 0.303 e. The largest absolute Gasteiger partial charge is 0.481 e. The minimum Gasteiger partial charge on any atom is -0.481 e. The zero-order valence-electron chi connectivity index (χ0n) is 12.7. The maximum atomic E-state index is 12.6. The minimum absolute atomic E-state index is 0.00247. The fourth-order valence-electron chi connectivity index (χ4n) is 2.81. The number of amides is 1. The van der Waals surface area contributed by atoms with Gasteiger partial charge >= 0.3 is 5.97 Å². The Morgan fingerprint density at radius 1 is 1.27 bits per heavy atom. The molecule has 22 heavy (non-hydrogen) atoms. The van der Waals surface area contributed by atoms with E-state index in [1.165, 1.54) is 0 Å². The third-order valence-corrected chi connectivity index (χ3v) is 4.95. The minimum atomic E-state index is -1.06. The predicted octanol–water partition coefficient (Wildman–Crippen LogP) is 2.28. The summed E-state index contributed by atoms with van der Waals surface area (Å²) < 4.78 is 11.4. The molecule has 0 aliphatic carbocycles. The Morgan fingerprint density at radius 2 is 1.95 bits per heavy atom. The van der Waals surface area contributed by atoms with Crippen molar-refractivity contribution in [3.05, 3.63) is 29.8 Å². The van der Waals surface area contributed by atoms with Gasteiger partial charge in [0, 0.05) is 46.5 Å². The molecule has 1 aromatic carbocycles. The van der Waals surface area contributed by atoms with Gasteiger partial charge in [-0.3, -0.25) is 13.8 Å². The summed E-state index contributed by atoms with van der Waals surface area (Å²) in [5.41, 5.74) is 0.566. The highest BCUT2D eigenvalue weighted by Crippen LogP contribution is 2.23. The number of piperidine rings is 1. The molecule has 1 aromatic rings. The molecule has 1 aliphatic heterocycles. The van der Waals surface area contributed by atoms with Crippen LogP contribution in [0.1, 0.15) is 42.5 Å². The van der Waals surface area contributed by atoms with Crippen LogP contribution in [0.4, 0.5) is 0 Å². The monoisotopic (exact) mass is 323 g/mol. The lowest BCUT2D eigenvalue weighted by atomic mass is 9.97. The van der Waals surface area contributed by atoms with Gasteiger partial charge in [-0.2, -0.15) is 0 Å². The van der Waals surface area contributed by atoms with E-state index in [0.717, 1.165) is 19.3 Å². The van der Waals surface area contributed by atoms with E-state index in [2.05, 4.69) is 0 Å². The zero-order chi connectivity index (χ0) is 16.1. The van der Waals surface area contributed by atoms with Crippen molar-refractivity contribution in [2.24, 2.45) is 0 Å². The molecule has 0 unspecified atom stereocenters. The molecule has 0 spiro atoms. The van der Waals surface area contributed by atoms with E-state index in [4.69, 9.17) is 5.11 Å². The number of hydrogen-bond donors (Lipinski definition) is 1. The average molecular weight is 323 g/mol. The fourth-order valence-corrected chi connectivity index (χ4v) is 3.33. The number of hydrogen-bond acceptors (Lipinski definition) is 3. The predicted molar refractivity (Wildman–Crippen MR) is 84.3 cm³/mol. The van der Waals surface area contributed by atoms with Crippen LogP contribution in [0.2, 0.25) is 0 Å². The number of benzene rings is 1. The van der Waals surface area contributed by atoms with Crippen LogP contribution in [0.3, 0.4) is 0 Å². The van der Waals surface area contributed by atoms with Crippen LogP contribution in [0.15, 0.2) is 29.2 Å². The molecular weight excluding hydrogens is 302 g/mol. The molecule has 1 N–H and O–H groups in total. The highest BCUT2D eigenvalue weighted by Gasteiger charge is 2.27. The summed E-state index contributed by atoms with van der Waals surface area (Å²) in [6, 6.07) is 6.81. The van der Waals surface area contributed by atoms with E-state index in [0.29, 0.717) is 23.4 Å². The van der Waals surface area contributed by atoms with Crippen molar-refractivity contribution in [3.63, 3.8) is 0 Å². The summed E-state index contributed by atoms with van der Waals surface area (Å²) in [5, 5.41) is 8.84. The number of carboxylic acids is 1. The molecule has 0 aromatic heterocycles. The van der Waals surface area contributed by atoms with Gasteiger partial charge in [-0.15, -0.1) is 0 Å². The van der Waals surface area contributed by atoms with Crippen LogP contribution in [0.25, 0.3) is 0 Å². The lowest BCUT2D eigenvalue weighted by Crippen LogP contribution is -2.43. The second kappa shape index (κ2) is 7.54. The molecule has 1 fully saturated rings. The molecule has 0 saturated carbocycles. The molecule has 0 radical (unpaired) electrons. The molecule has 2 atom stereocenters. The fraction of sp³-hybridized carbons (Fsp3) is 0.500. The first kappa shape index (κ1) is 16.7. The number of carbonyl (C=O) groups excluding carboxylic acids is 1. The Kier molecular flexibility index (Phi) is 5.71. The number of aliphatic carboxylic acids is 1. The molecule has 1 heterocycles. The number of rotatable bonds is 5. The SMILES string of the molecule is C[S@](=O)c1ccc(C(=O)N2CCCC[C@@H]2CCC(=O)O)cc1. The van der Waals surface area contributed by atoms with Gasteiger partial charge in [0.15, 0.2) is 0 Å². The summed E-state index contributed by atoms with van der Waals surface area (Å²) >= 11 is 0. The first-order chi connectivity index (χ1) is 10.5. The molecule has 5 nitrogen and oxygen atoms in total. The second-order valence-corrected chi connectivity index (χ2v) is 6.94. The van der Waals surface area contributed by atoms with E-state index >= 15 is 0 Å². The van der Waals surface area contributed by atoms with Crippen molar-refractivity contribution in [1.29, 1.82) is 0 Å². The number of carboxylic acid groups (broad SMARTS) is 1. The third kappa shape index (κ3) is 4.16. The molecule has 1 aliphatic rings. The molecule has 1 amide bonds. The topological polar surface area (TPSA) is 74.7 Å². The van der Waals surface area contributed by atoms with Crippen molar-refractivity contribution in [1.82, 2.24) is 4.90 Å². The maximum absolute atomic E-state index is 12.6. The number of likely N-dealkylation sites (tertiary alicyclic amines) is 1. The van der Waals surface area contributed by atoms with Crippen molar-refractivity contribution >= 4 is 22.7 Å². The van der Waals surface area contributed by atoms with Crippen molar-refractivity contribution in [2.75, 3.05) is 12.8 Å². The van der Waals surface area contributed by atoms with Gasteiger partial charge in [0.1, 0.15) is 0 Å². The standard InChI is InChI=1S/C16H21NO4S/c1-22(21)14-8-5-12(6-9-14)16(20)17-11-3-2-4-13(17)7-10-15(18)19/h5-6,8-9,13H,2-4,7,10-11H2,1H3,(H,18,19)/t13-,22+/m1/s1. The first-order valence-corrected chi connectivity index (χ1v) is 9.01. The number of nitrogens with zero attached hydrogens (tertiary/aromatic N) is 1. The lowest BCUT2D eigenvalue weighted by molar-refractivity contribution is -0.137. The Labute approximate surface area is 132 Å². The van der Waals surface area contributed by atoms with Crippen molar-refractivity contribution in [3.8, 4) is 0 Å². The molecular formula is C16H21NO4S. The number of carbonyl (C=O) groups is 2. The van der Waals surface area contributed by atoms with Crippen LogP contribution >= 0.6 is 0 Å². The van der Waals surface area contributed by atoms with Gasteiger partial charge in [-0.25, -0.2) is 0 Å². The van der Waals surface area contributed by atoms with Crippen molar-refractivity contribution < 1.29 is 18.9 Å². The average Bonchev–Trinajstić information content (AvgIpc) is 2.52. The Hall–Kier alpha value is -1.69. The maximum Gasteiger partial charge on any atom is 0.303 e. The van der Waals surface area contributed by atoms with Gasteiger partial charge in [0.2, 0.25) is 0 Å². The summed E-state index contributed by atoms with van der Waals surface area (Å²) in [6.07, 6.45) is 5.02. The van der Waals surface area contributed by atoms with E-state index < -0.39 is 16.8 Å². The first-order valence-electron chi connectivity index (χ1n) is 7.45. The van der Waals surface area contributed by atoms with Gasteiger partial charge in [0.05, 0.1) is 0 Å². The lowest BCUT2D eigenvalue weighted by Gasteiger charge is -2.35. The Morgan fingerprint density at radius 3 is 2.55 bits per heavy atom. The van der Waals surface area contributed by atoms with Gasteiger partial charge in [0.25, 0.3) is 5.91 Å². The van der Waals surface area contributed by atoms with Crippen LogP contribution in [0, 0.1) is 0 Å². The van der Waals surface area contributed by atoms with Gasteiger partial charge < -0.3 is 10.0 Å². The molecule has 0 bridgehead atoms. The summed E-state index contributed by atoms with van der Waals surface area (Å²) in [7, 11) is -1.06. The van der Waals surface area contributed by atoms with E-state index in [1.54, 1.807) is 35.4 Å². The van der Waals surface area contributed by atoms with E-state index in [9.17, 15) is 13.8 Å². The van der Waals surface area contributed by atoms with Crippen LogP contribution < -0.4 is 0 Å². The summed E-state index contributed by atoms with van der Waals surface area (Å²) in [4.78, 5) is 25.9. The van der Waals surface area contributed by atoms with Crippen LogP contribution in [-0.4, -0.2) is 44.9 Å². The van der Waals surface area contributed by atoms with E-state index in [1.807, 2.05) is 0 Å². The second-order valence-electron chi connectivity index (χ2n) is 5.56. The van der Waals surface area contributed by atoms with Crippen molar-refractivity contribution in [2.45, 2.75) is 43.0 Å². The molecule has 2 rings (SSSR count). The molecule has 6 heteroatoms. The highest BCUT2D eigenvalue weighted by molar-refractivity contribution is 7.84.